The summed E-state index contributed by atoms with van der Waals surface area (Å²) in [5.74, 6) is 0. The first kappa shape index (κ1) is 14.3. The standard InChI is InChI=1S/C14H26N4O/c1-4-6-15-9-13-11-19-14(16-13)18-8-7-17(5-2)12(3)10-18/h11-12,15H,4-10H2,1-3H3. The Kier molecular flexibility index (Phi) is 5.22. The van der Waals surface area contributed by atoms with E-state index in [1.807, 2.05) is 0 Å². The third-order valence-corrected chi connectivity index (χ3v) is 3.71. The van der Waals surface area contributed by atoms with Crippen molar-refractivity contribution in [2.75, 3.05) is 37.6 Å². The summed E-state index contributed by atoms with van der Waals surface area (Å²) in [4.78, 5) is 9.31. The molecule has 0 bridgehead atoms. The lowest BCUT2D eigenvalue weighted by molar-refractivity contribution is 0.195. The number of likely N-dealkylation sites (N-methyl/N-ethyl adjacent to an activating group) is 1. The van der Waals surface area contributed by atoms with Crippen LogP contribution in [-0.2, 0) is 6.54 Å². The summed E-state index contributed by atoms with van der Waals surface area (Å²) < 4.78 is 5.61. The summed E-state index contributed by atoms with van der Waals surface area (Å²) in [5, 5.41) is 3.34. The van der Waals surface area contributed by atoms with Crippen molar-refractivity contribution >= 4 is 6.01 Å². The van der Waals surface area contributed by atoms with Crippen LogP contribution in [0.15, 0.2) is 10.7 Å². The maximum Gasteiger partial charge on any atom is 0.297 e. The SMILES string of the molecule is CCCNCc1coc(N2CCN(CC)C(C)C2)n1. The lowest BCUT2D eigenvalue weighted by Crippen LogP contribution is -2.51. The molecule has 0 spiro atoms. The fourth-order valence-electron chi connectivity index (χ4n) is 2.55. The van der Waals surface area contributed by atoms with Crippen molar-refractivity contribution in [2.24, 2.45) is 0 Å². The minimum atomic E-state index is 0.562. The molecule has 0 aliphatic carbocycles. The second-order valence-electron chi connectivity index (χ2n) is 5.22. The summed E-state index contributed by atoms with van der Waals surface area (Å²) in [6, 6.07) is 1.34. The van der Waals surface area contributed by atoms with Gasteiger partial charge in [-0.2, -0.15) is 4.98 Å². The molecule has 0 saturated carbocycles. The summed E-state index contributed by atoms with van der Waals surface area (Å²) >= 11 is 0. The maximum atomic E-state index is 5.61. The van der Waals surface area contributed by atoms with Gasteiger partial charge in [0.15, 0.2) is 0 Å². The van der Waals surface area contributed by atoms with Crippen molar-refractivity contribution in [1.82, 2.24) is 15.2 Å². The van der Waals surface area contributed by atoms with Crippen molar-refractivity contribution in [3.63, 3.8) is 0 Å². The molecular formula is C14H26N4O. The molecule has 1 fully saturated rings. The number of oxazole rings is 1. The number of aromatic nitrogens is 1. The number of nitrogens with one attached hydrogen (secondary N) is 1. The molecular weight excluding hydrogens is 240 g/mol. The number of hydrogen-bond acceptors (Lipinski definition) is 5. The molecule has 1 aliphatic rings. The number of anilines is 1. The number of hydrogen-bond donors (Lipinski definition) is 1. The Balaban J connectivity index is 1.88. The maximum absolute atomic E-state index is 5.61. The largest absolute Gasteiger partial charge is 0.432 e. The quantitative estimate of drug-likeness (QED) is 0.794. The molecule has 5 nitrogen and oxygen atoms in total. The minimum Gasteiger partial charge on any atom is -0.432 e. The molecule has 0 radical (unpaired) electrons. The van der Waals surface area contributed by atoms with Crippen LogP contribution in [0, 0.1) is 0 Å². The highest BCUT2D eigenvalue weighted by Crippen LogP contribution is 2.18. The average Bonchev–Trinajstić information content (AvgIpc) is 2.88. The molecule has 0 amide bonds. The van der Waals surface area contributed by atoms with E-state index in [1.54, 1.807) is 6.26 Å². The van der Waals surface area contributed by atoms with Crippen LogP contribution in [0.5, 0.6) is 0 Å². The zero-order valence-electron chi connectivity index (χ0n) is 12.4. The molecule has 1 aromatic heterocycles. The topological polar surface area (TPSA) is 44.5 Å². The molecule has 0 aromatic carbocycles. The molecule has 1 unspecified atom stereocenters. The lowest BCUT2D eigenvalue weighted by Gasteiger charge is -2.38. The average molecular weight is 266 g/mol. The highest BCUT2D eigenvalue weighted by molar-refractivity contribution is 5.28. The van der Waals surface area contributed by atoms with E-state index >= 15 is 0 Å². The monoisotopic (exact) mass is 266 g/mol. The first-order valence-electron chi connectivity index (χ1n) is 7.38. The molecule has 2 heterocycles. The Morgan fingerprint density at radius 2 is 2.26 bits per heavy atom. The predicted octanol–water partition coefficient (Wildman–Crippen LogP) is 1.70. The Bertz CT molecular complexity index is 379. The molecule has 5 heteroatoms. The molecule has 1 N–H and O–H groups in total. The Labute approximate surface area is 116 Å². The summed E-state index contributed by atoms with van der Waals surface area (Å²) in [5.41, 5.74) is 0.994. The molecule has 108 valence electrons. The van der Waals surface area contributed by atoms with Crippen LogP contribution in [0.2, 0.25) is 0 Å². The van der Waals surface area contributed by atoms with Crippen molar-refractivity contribution in [2.45, 2.75) is 39.8 Å². The van der Waals surface area contributed by atoms with Gasteiger partial charge in [-0.25, -0.2) is 0 Å². The highest BCUT2D eigenvalue weighted by atomic mass is 16.4. The van der Waals surface area contributed by atoms with Crippen LogP contribution in [0.25, 0.3) is 0 Å². The normalized spacial score (nSPS) is 21.0. The van der Waals surface area contributed by atoms with E-state index in [1.165, 1.54) is 0 Å². The molecule has 19 heavy (non-hydrogen) atoms. The smallest absolute Gasteiger partial charge is 0.297 e. The van der Waals surface area contributed by atoms with Crippen molar-refractivity contribution in [3.8, 4) is 0 Å². The van der Waals surface area contributed by atoms with Gasteiger partial charge in [0.05, 0.1) is 5.69 Å². The molecule has 1 atom stereocenters. The van der Waals surface area contributed by atoms with E-state index in [0.717, 1.165) is 57.4 Å². The van der Waals surface area contributed by atoms with E-state index in [0.29, 0.717) is 6.04 Å². The van der Waals surface area contributed by atoms with Gasteiger partial charge in [0, 0.05) is 32.2 Å². The first-order valence-corrected chi connectivity index (χ1v) is 7.38. The Morgan fingerprint density at radius 1 is 1.42 bits per heavy atom. The van der Waals surface area contributed by atoms with Crippen LogP contribution in [0.1, 0.15) is 32.9 Å². The Morgan fingerprint density at radius 3 is 2.95 bits per heavy atom. The van der Waals surface area contributed by atoms with E-state index < -0.39 is 0 Å². The molecule has 1 aromatic rings. The Hall–Kier alpha value is -1.07. The number of rotatable bonds is 6. The second-order valence-corrected chi connectivity index (χ2v) is 5.22. The number of piperazine rings is 1. The first-order chi connectivity index (χ1) is 9.24. The van der Waals surface area contributed by atoms with Crippen LogP contribution in [0.4, 0.5) is 6.01 Å². The molecule has 1 aliphatic heterocycles. The fraction of sp³-hybridized carbons (Fsp3) is 0.786. The van der Waals surface area contributed by atoms with Crippen LogP contribution in [0.3, 0.4) is 0 Å². The van der Waals surface area contributed by atoms with Gasteiger partial charge in [-0.1, -0.05) is 13.8 Å². The zero-order chi connectivity index (χ0) is 13.7. The summed E-state index contributed by atoms with van der Waals surface area (Å²) in [6.07, 6.45) is 2.91. The molecule has 2 rings (SSSR count). The van der Waals surface area contributed by atoms with Crippen molar-refractivity contribution in [1.29, 1.82) is 0 Å². The highest BCUT2D eigenvalue weighted by Gasteiger charge is 2.25. The fourth-order valence-corrected chi connectivity index (χ4v) is 2.55. The van der Waals surface area contributed by atoms with Crippen LogP contribution in [-0.4, -0.2) is 48.6 Å². The van der Waals surface area contributed by atoms with Gasteiger partial charge in [-0.3, -0.25) is 4.90 Å². The van der Waals surface area contributed by atoms with Gasteiger partial charge in [-0.15, -0.1) is 0 Å². The van der Waals surface area contributed by atoms with Gasteiger partial charge in [0.1, 0.15) is 6.26 Å². The van der Waals surface area contributed by atoms with E-state index in [-0.39, 0.29) is 0 Å². The van der Waals surface area contributed by atoms with Gasteiger partial charge in [0.2, 0.25) is 0 Å². The third-order valence-electron chi connectivity index (χ3n) is 3.71. The van der Waals surface area contributed by atoms with Crippen LogP contribution >= 0.6 is 0 Å². The summed E-state index contributed by atoms with van der Waals surface area (Å²) in [7, 11) is 0. The number of nitrogens with zero attached hydrogens (tertiary/aromatic N) is 3. The lowest BCUT2D eigenvalue weighted by atomic mass is 10.2. The zero-order valence-corrected chi connectivity index (χ0v) is 12.4. The van der Waals surface area contributed by atoms with E-state index in [2.05, 4.69) is 40.9 Å². The van der Waals surface area contributed by atoms with E-state index in [4.69, 9.17) is 4.42 Å². The van der Waals surface area contributed by atoms with Gasteiger partial charge in [0.25, 0.3) is 6.01 Å². The van der Waals surface area contributed by atoms with Gasteiger partial charge in [-0.05, 0) is 26.4 Å². The summed E-state index contributed by atoms with van der Waals surface area (Å²) in [6.45, 7) is 12.7. The van der Waals surface area contributed by atoms with E-state index in [9.17, 15) is 0 Å². The van der Waals surface area contributed by atoms with Crippen molar-refractivity contribution in [3.05, 3.63) is 12.0 Å². The minimum absolute atomic E-state index is 0.562. The van der Waals surface area contributed by atoms with Crippen molar-refractivity contribution < 1.29 is 4.42 Å². The predicted molar refractivity (Wildman–Crippen MR) is 77.4 cm³/mol. The second kappa shape index (κ2) is 6.91. The van der Waals surface area contributed by atoms with Gasteiger partial charge >= 0.3 is 0 Å². The van der Waals surface area contributed by atoms with Gasteiger partial charge < -0.3 is 14.6 Å². The van der Waals surface area contributed by atoms with Crippen LogP contribution < -0.4 is 10.2 Å². The third kappa shape index (κ3) is 3.70. The molecule has 1 saturated heterocycles.